The molecular weight excluding hydrogens is 847 g/mol. The number of aliphatic hydroxyl groups excluding tert-OH is 2. The van der Waals surface area contributed by atoms with Crippen LogP contribution in [0.25, 0.3) is 0 Å². The van der Waals surface area contributed by atoms with Crippen LogP contribution in [0.1, 0.15) is 133 Å². The summed E-state index contributed by atoms with van der Waals surface area (Å²) in [7, 11) is 4.19. The summed E-state index contributed by atoms with van der Waals surface area (Å²) < 4.78 is 73.0. The van der Waals surface area contributed by atoms with E-state index in [0.29, 0.717) is 51.4 Å². The summed E-state index contributed by atoms with van der Waals surface area (Å²) in [5.41, 5.74) is 0.672. The summed E-state index contributed by atoms with van der Waals surface area (Å²) in [4.78, 5) is 72.8. The van der Waals surface area contributed by atoms with Crippen molar-refractivity contribution in [3.05, 3.63) is 47.6 Å². The number of methoxy groups -OCH3 is 3. The summed E-state index contributed by atoms with van der Waals surface area (Å²) in [5.74, 6) is -15.4. The van der Waals surface area contributed by atoms with Crippen LogP contribution in [0.2, 0.25) is 0 Å². The normalized spacial score (nSPS) is 44.7. The number of aliphatic hydroxyl groups is 3. The molecule has 0 radical (unpaired) electrons. The molecule has 1 saturated carbocycles. The molecule has 14 nitrogen and oxygen atoms in total. The Bertz CT molecular complexity index is 2000. The van der Waals surface area contributed by atoms with Crippen molar-refractivity contribution in [1.82, 2.24) is 4.90 Å². The van der Waals surface area contributed by atoms with Crippen LogP contribution in [0, 0.1) is 41.4 Å². The molecule has 2 saturated heterocycles. The van der Waals surface area contributed by atoms with E-state index in [1.54, 1.807) is 38.2 Å². The molecule has 4 rings (SSSR count). The first-order valence-corrected chi connectivity index (χ1v) is 23.7. The van der Waals surface area contributed by atoms with Gasteiger partial charge in [-0.25, -0.2) is 4.79 Å². The molecule has 0 aromatic heterocycles. The highest BCUT2D eigenvalue weighted by Crippen LogP contribution is 2.38. The fourth-order valence-electron chi connectivity index (χ4n) is 9.77. The van der Waals surface area contributed by atoms with Gasteiger partial charge >= 0.3 is 5.97 Å². The molecule has 2 bridgehead atoms. The molecule has 4 aliphatic rings. The highest BCUT2D eigenvalue weighted by atomic mass is 16.6. The number of esters is 1. The molecule has 3 N–H and O–H groups in total. The van der Waals surface area contributed by atoms with Crippen LogP contribution >= 0.6 is 0 Å². The third kappa shape index (κ3) is 13.9. The summed E-state index contributed by atoms with van der Waals surface area (Å²) in [6.45, 7) is 7.91. The van der Waals surface area contributed by atoms with Gasteiger partial charge < -0.3 is 43.9 Å². The molecule has 0 aromatic rings. The lowest BCUT2D eigenvalue weighted by atomic mass is 9.78. The molecule has 372 valence electrons. The molecule has 14 heteroatoms. The number of carbonyl (C=O) groups excluding carboxylic acids is 5. The zero-order chi connectivity index (χ0) is 53.4. The maximum Gasteiger partial charge on any atom is 0.329 e. The van der Waals surface area contributed by atoms with Gasteiger partial charge in [0.05, 0.1) is 24.4 Å². The van der Waals surface area contributed by atoms with Crippen LogP contribution in [0.15, 0.2) is 47.6 Å². The van der Waals surface area contributed by atoms with E-state index < -0.39 is 133 Å². The zero-order valence-electron chi connectivity index (χ0n) is 45.8. The van der Waals surface area contributed by atoms with E-state index in [0.717, 1.165) is 16.5 Å². The van der Waals surface area contributed by atoms with Crippen molar-refractivity contribution in [2.24, 2.45) is 41.4 Å². The highest BCUT2D eigenvalue weighted by molar-refractivity contribution is 6.39. The van der Waals surface area contributed by atoms with E-state index in [9.17, 15) is 40.7 Å². The lowest BCUT2D eigenvalue weighted by Gasteiger charge is -2.42. The Kier molecular flexibility index (Phi) is 18.3. The molecule has 1 unspecified atom stereocenters. The average molecular weight is 933 g/mol. The first-order valence-electron chi connectivity index (χ1n) is 26.2. The smallest absolute Gasteiger partial charge is 0.329 e. The van der Waals surface area contributed by atoms with Gasteiger partial charge in [0.25, 0.3) is 11.7 Å². The predicted molar refractivity (Wildman–Crippen MR) is 250 cm³/mol. The number of ketones is 3. The lowest BCUT2D eigenvalue weighted by molar-refractivity contribution is -0.265. The number of carbonyl (C=O) groups is 5. The van der Waals surface area contributed by atoms with E-state index >= 15 is 0 Å². The van der Waals surface area contributed by atoms with Gasteiger partial charge in [-0.05, 0) is 106 Å². The van der Waals surface area contributed by atoms with Crippen LogP contribution in [0.4, 0.5) is 0 Å². The van der Waals surface area contributed by atoms with Crippen LogP contribution < -0.4 is 0 Å². The molecule has 3 heterocycles. The minimum Gasteiger partial charge on any atom is -0.460 e. The fourth-order valence-corrected chi connectivity index (χ4v) is 9.77. The fraction of sp³-hybridized carbons (Fsp3) is 0.750. The Balaban J connectivity index is 1.82. The molecule has 1 amide bonds. The van der Waals surface area contributed by atoms with Crippen LogP contribution in [0.3, 0.4) is 0 Å². The average Bonchev–Trinajstić information content (AvgIpc) is 3.31. The lowest BCUT2D eigenvalue weighted by Crippen LogP contribution is -2.61. The van der Waals surface area contributed by atoms with Crippen molar-refractivity contribution < 1.29 is 69.8 Å². The Morgan fingerprint density at radius 1 is 0.909 bits per heavy atom. The summed E-state index contributed by atoms with van der Waals surface area (Å²) >= 11 is 0. The number of rotatable bonds is 6. The van der Waals surface area contributed by atoms with Gasteiger partial charge in [-0.2, -0.15) is 0 Å². The van der Waals surface area contributed by atoms with Crippen LogP contribution in [-0.2, 0) is 47.7 Å². The molecular formula is C52H81NO13. The topological polar surface area (TPSA) is 195 Å². The number of hydrogen-bond donors (Lipinski definition) is 3. The van der Waals surface area contributed by atoms with Gasteiger partial charge in [0.15, 0.2) is 5.78 Å². The van der Waals surface area contributed by atoms with Gasteiger partial charge in [0.1, 0.15) is 30.1 Å². The number of allylic oxidation sites excluding steroid dienone is 6. The number of fused-ring (bicyclic) bond motifs is 3. The van der Waals surface area contributed by atoms with Gasteiger partial charge in [-0.1, -0.05) is 77.9 Å². The first kappa shape index (κ1) is 47.7. The van der Waals surface area contributed by atoms with Crippen molar-refractivity contribution >= 4 is 29.2 Å². The summed E-state index contributed by atoms with van der Waals surface area (Å²) in [6, 6.07) is -1.30. The Labute approximate surface area is 400 Å². The van der Waals surface area contributed by atoms with Crippen LogP contribution in [-0.4, -0.2) is 132 Å². The first-order chi connectivity index (χ1) is 33.1. The quantitative estimate of drug-likeness (QED) is 0.150. The van der Waals surface area contributed by atoms with Crippen molar-refractivity contribution in [2.75, 3.05) is 27.9 Å². The van der Waals surface area contributed by atoms with Crippen molar-refractivity contribution in [2.45, 2.75) is 181 Å². The van der Waals surface area contributed by atoms with Crippen LogP contribution in [0.5, 0.6) is 0 Å². The van der Waals surface area contributed by atoms with E-state index in [1.165, 1.54) is 55.1 Å². The van der Waals surface area contributed by atoms with Gasteiger partial charge in [0, 0.05) is 65.3 Å². The SMILES string of the molecule is [2H]C([2H])([2H])[C@@H]1/C=C(\C)[C@@H](O)[C@@H](OC)C(=O)[C@H](C)C([2H])(C)[C@]([2H])(C)/C=C/C=C/C=C(\C)[C@@H](OC)C[C@@H]2CC[C@@H](C)[C@@](O)(O2)C(=O)C(=O)N2CCCC[C@H]2C(=O)O[C@H]([C@H](C)C[C@@H]2CC[C@@H](O)[C@H](OC)C2)CC1=O. The van der Waals surface area contributed by atoms with E-state index in [-0.39, 0.29) is 30.9 Å². The number of amides is 1. The third-order valence-corrected chi connectivity index (χ3v) is 14.6. The minimum atomic E-state index is -2.99. The van der Waals surface area contributed by atoms with Crippen molar-refractivity contribution in [1.29, 1.82) is 0 Å². The molecule has 0 spiro atoms. The van der Waals surface area contributed by atoms with E-state index in [2.05, 4.69) is 0 Å². The third-order valence-electron chi connectivity index (χ3n) is 14.6. The second-order valence-corrected chi connectivity index (χ2v) is 19.2. The number of cyclic esters (lactones) is 1. The van der Waals surface area contributed by atoms with E-state index in [4.69, 9.17) is 29.2 Å². The molecule has 1 aliphatic carbocycles. The second-order valence-electron chi connectivity index (χ2n) is 19.2. The number of Topliss-reactive ketones (excluding diaryl/α,β-unsaturated/α-hetero) is 3. The maximum atomic E-state index is 14.5. The number of piperidine rings is 1. The maximum absolute atomic E-state index is 14.5. The van der Waals surface area contributed by atoms with Gasteiger partial charge in [-0.15, -0.1) is 0 Å². The monoisotopic (exact) mass is 933 g/mol. The number of nitrogens with zero attached hydrogens (tertiary/aromatic N) is 1. The van der Waals surface area contributed by atoms with Gasteiger partial charge in [0.2, 0.25) is 5.79 Å². The summed E-state index contributed by atoms with van der Waals surface area (Å²) in [5, 5.41) is 34.1. The number of hydrogen-bond acceptors (Lipinski definition) is 13. The van der Waals surface area contributed by atoms with E-state index in [1.807, 2.05) is 6.92 Å². The second kappa shape index (κ2) is 25.3. The Morgan fingerprint density at radius 3 is 2.30 bits per heavy atom. The zero-order valence-corrected chi connectivity index (χ0v) is 40.8. The molecule has 3 fully saturated rings. The standard InChI is InChI=1S/C52H81NO13/c1-30-17-13-12-14-18-31(2)43(62-9)28-39-22-20-35(6)52(61,66-39)49(58)50(59)53-24-16-15-19-40(53)51(60)65-44(33(4)26-38-21-23-41(54)45(27-38)63-10)29-42(55)32(3)25-34(5)46(56)48(64-11)47(57)37(8)36(30)7/h12-14,17-18,25,30,32-33,35-41,43-46,48,54,56,61H,15-16,19-24,26-29H2,1-11H3/b14-12+,17-13+,31-18+,34-25+/t30-,32-,33-,35-,36?,37-,38+,39+,40+,41-,43+,44+,45-,46-,48-,52-/m1/s1/i3D3,30D,36D. The minimum absolute atomic E-state index is 0.0159. The largest absolute Gasteiger partial charge is 0.460 e. The number of ether oxygens (including phenoxy) is 5. The Hall–Kier alpha value is -3.37. The highest BCUT2D eigenvalue weighted by Gasteiger charge is 2.53. The molecule has 66 heavy (non-hydrogen) atoms. The predicted octanol–water partition coefficient (Wildman–Crippen LogP) is 6.43. The molecule has 0 aromatic carbocycles. The van der Waals surface area contributed by atoms with Gasteiger partial charge in [-0.3, -0.25) is 19.2 Å². The van der Waals surface area contributed by atoms with Crippen molar-refractivity contribution in [3.63, 3.8) is 0 Å². The molecule has 16 atom stereocenters. The van der Waals surface area contributed by atoms with Crippen molar-refractivity contribution in [3.8, 4) is 0 Å². The molecule has 3 aliphatic heterocycles. The Morgan fingerprint density at radius 2 is 1.64 bits per heavy atom. The summed E-state index contributed by atoms with van der Waals surface area (Å²) in [6.07, 6.45) is 5.52.